The van der Waals surface area contributed by atoms with Gasteiger partial charge in [0.1, 0.15) is 0 Å². The maximum Gasteiger partial charge on any atom is 0.229 e. The van der Waals surface area contributed by atoms with Crippen molar-refractivity contribution in [2.24, 2.45) is 0 Å². The SMILES string of the molecule is CC(CCC#N)c1nc(-c2ccc(Cl)cc2)no1. The fourth-order valence-electron chi connectivity index (χ4n) is 1.56. The van der Waals surface area contributed by atoms with Crippen molar-refractivity contribution < 1.29 is 4.52 Å². The van der Waals surface area contributed by atoms with E-state index in [0.717, 1.165) is 12.0 Å². The number of rotatable bonds is 4. The van der Waals surface area contributed by atoms with Gasteiger partial charge in [0, 0.05) is 22.9 Å². The molecule has 0 saturated heterocycles. The molecule has 0 aliphatic rings. The van der Waals surface area contributed by atoms with E-state index < -0.39 is 0 Å². The molecule has 92 valence electrons. The van der Waals surface area contributed by atoms with E-state index in [0.29, 0.717) is 23.2 Å². The third-order valence-corrected chi connectivity index (χ3v) is 2.91. The third kappa shape index (κ3) is 2.88. The minimum absolute atomic E-state index is 0.0956. The molecular weight excluding hydrogens is 250 g/mol. The molecule has 1 atom stereocenters. The van der Waals surface area contributed by atoms with Gasteiger partial charge in [0.25, 0.3) is 0 Å². The van der Waals surface area contributed by atoms with Gasteiger partial charge in [-0.15, -0.1) is 0 Å². The van der Waals surface area contributed by atoms with Crippen molar-refractivity contribution in [1.82, 2.24) is 10.1 Å². The van der Waals surface area contributed by atoms with Gasteiger partial charge in [-0.3, -0.25) is 0 Å². The van der Waals surface area contributed by atoms with Crippen LogP contribution < -0.4 is 0 Å². The lowest BCUT2D eigenvalue weighted by atomic mass is 10.1. The summed E-state index contributed by atoms with van der Waals surface area (Å²) in [6.45, 7) is 1.97. The highest BCUT2D eigenvalue weighted by Gasteiger charge is 2.14. The molecule has 1 heterocycles. The number of nitrogens with zero attached hydrogens (tertiary/aromatic N) is 3. The summed E-state index contributed by atoms with van der Waals surface area (Å²) in [7, 11) is 0. The minimum atomic E-state index is 0.0956. The Kier molecular flexibility index (Phi) is 3.96. The van der Waals surface area contributed by atoms with Crippen molar-refractivity contribution >= 4 is 11.6 Å². The van der Waals surface area contributed by atoms with Gasteiger partial charge in [0.05, 0.1) is 6.07 Å². The maximum absolute atomic E-state index is 8.54. The minimum Gasteiger partial charge on any atom is -0.339 e. The lowest BCUT2D eigenvalue weighted by molar-refractivity contribution is 0.355. The summed E-state index contributed by atoms with van der Waals surface area (Å²) in [6.07, 6.45) is 1.21. The molecule has 1 aromatic heterocycles. The van der Waals surface area contributed by atoms with Gasteiger partial charge in [-0.25, -0.2) is 0 Å². The van der Waals surface area contributed by atoms with E-state index in [4.69, 9.17) is 21.4 Å². The second-order valence-electron chi connectivity index (χ2n) is 4.06. The van der Waals surface area contributed by atoms with Gasteiger partial charge in [0.2, 0.25) is 11.7 Å². The number of halogens is 1. The van der Waals surface area contributed by atoms with Crippen LogP contribution in [0.1, 0.15) is 31.6 Å². The van der Waals surface area contributed by atoms with E-state index in [1.54, 1.807) is 12.1 Å². The first-order valence-electron chi connectivity index (χ1n) is 5.67. The fourth-order valence-corrected chi connectivity index (χ4v) is 1.68. The molecule has 0 amide bonds. The molecule has 0 aliphatic carbocycles. The zero-order chi connectivity index (χ0) is 13.0. The van der Waals surface area contributed by atoms with E-state index in [2.05, 4.69) is 16.2 Å². The van der Waals surface area contributed by atoms with Crippen LogP contribution in [0.5, 0.6) is 0 Å². The second-order valence-corrected chi connectivity index (χ2v) is 4.50. The first kappa shape index (κ1) is 12.6. The summed E-state index contributed by atoms with van der Waals surface area (Å²) in [4.78, 5) is 4.33. The van der Waals surface area contributed by atoms with Crippen LogP contribution in [0.2, 0.25) is 5.02 Å². The van der Waals surface area contributed by atoms with E-state index in [1.807, 2.05) is 19.1 Å². The molecule has 0 aliphatic heterocycles. The molecule has 2 aromatic rings. The Balaban J connectivity index is 2.15. The Labute approximate surface area is 110 Å². The van der Waals surface area contributed by atoms with Crippen molar-refractivity contribution in [3.63, 3.8) is 0 Å². The molecule has 1 aromatic carbocycles. The normalized spacial score (nSPS) is 12.1. The summed E-state index contributed by atoms with van der Waals surface area (Å²) in [5, 5.41) is 13.1. The van der Waals surface area contributed by atoms with Crippen LogP contribution in [0.25, 0.3) is 11.4 Å². The summed E-state index contributed by atoms with van der Waals surface area (Å²) >= 11 is 5.82. The number of hydrogen-bond donors (Lipinski definition) is 0. The van der Waals surface area contributed by atoms with Gasteiger partial charge in [-0.2, -0.15) is 10.2 Å². The molecule has 2 rings (SSSR count). The van der Waals surface area contributed by atoms with Gasteiger partial charge >= 0.3 is 0 Å². The van der Waals surface area contributed by atoms with Crippen molar-refractivity contribution in [2.45, 2.75) is 25.7 Å². The highest BCUT2D eigenvalue weighted by atomic mass is 35.5. The number of nitriles is 1. The van der Waals surface area contributed by atoms with Crippen LogP contribution in [-0.4, -0.2) is 10.1 Å². The third-order valence-electron chi connectivity index (χ3n) is 2.65. The molecule has 4 nitrogen and oxygen atoms in total. The highest BCUT2D eigenvalue weighted by molar-refractivity contribution is 6.30. The predicted molar refractivity (Wildman–Crippen MR) is 68.0 cm³/mol. The quantitative estimate of drug-likeness (QED) is 0.840. The fraction of sp³-hybridized carbons (Fsp3) is 0.308. The molecule has 18 heavy (non-hydrogen) atoms. The van der Waals surface area contributed by atoms with Crippen LogP contribution in [-0.2, 0) is 0 Å². The molecule has 5 heteroatoms. The van der Waals surface area contributed by atoms with Crippen molar-refractivity contribution in [2.75, 3.05) is 0 Å². The van der Waals surface area contributed by atoms with Crippen LogP contribution in [0, 0.1) is 11.3 Å². The molecule has 0 radical (unpaired) electrons. The van der Waals surface area contributed by atoms with Crippen LogP contribution in [0.15, 0.2) is 28.8 Å². The highest BCUT2D eigenvalue weighted by Crippen LogP contribution is 2.23. The van der Waals surface area contributed by atoms with E-state index >= 15 is 0 Å². The molecule has 0 fully saturated rings. The molecule has 0 spiro atoms. The number of hydrogen-bond acceptors (Lipinski definition) is 4. The average molecular weight is 262 g/mol. The molecule has 0 saturated carbocycles. The second kappa shape index (κ2) is 5.65. The first-order valence-corrected chi connectivity index (χ1v) is 6.05. The van der Waals surface area contributed by atoms with Crippen molar-refractivity contribution in [3.05, 3.63) is 35.2 Å². The largest absolute Gasteiger partial charge is 0.339 e. The van der Waals surface area contributed by atoms with Crippen LogP contribution >= 0.6 is 11.6 Å². The smallest absolute Gasteiger partial charge is 0.229 e. The molecular formula is C13H12ClN3O. The van der Waals surface area contributed by atoms with Gasteiger partial charge < -0.3 is 4.52 Å². The summed E-state index contributed by atoms with van der Waals surface area (Å²) < 4.78 is 5.20. The Morgan fingerprint density at radius 3 is 2.78 bits per heavy atom. The van der Waals surface area contributed by atoms with Gasteiger partial charge in [0.15, 0.2) is 0 Å². The Morgan fingerprint density at radius 2 is 2.11 bits per heavy atom. The Morgan fingerprint density at radius 1 is 1.39 bits per heavy atom. The van der Waals surface area contributed by atoms with E-state index in [-0.39, 0.29) is 5.92 Å². The van der Waals surface area contributed by atoms with Gasteiger partial charge in [-0.1, -0.05) is 23.7 Å². The van der Waals surface area contributed by atoms with Crippen molar-refractivity contribution in [3.8, 4) is 17.5 Å². The maximum atomic E-state index is 8.54. The Hall–Kier alpha value is -1.86. The van der Waals surface area contributed by atoms with Crippen LogP contribution in [0.4, 0.5) is 0 Å². The molecule has 1 unspecified atom stereocenters. The zero-order valence-corrected chi connectivity index (χ0v) is 10.7. The molecule has 0 bridgehead atoms. The summed E-state index contributed by atoms with van der Waals surface area (Å²) in [5.74, 6) is 1.21. The van der Waals surface area contributed by atoms with E-state index in [9.17, 15) is 0 Å². The zero-order valence-electron chi connectivity index (χ0n) is 9.93. The molecule has 0 N–H and O–H groups in total. The van der Waals surface area contributed by atoms with Crippen LogP contribution in [0.3, 0.4) is 0 Å². The monoisotopic (exact) mass is 261 g/mol. The topological polar surface area (TPSA) is 62.7 Å². The Bertz CT molecular complexity index is 556. The lowest BCUT2D eigenvalue weighted by Gasteiger charge is -2.00. The standard InChI is InChI=1S/C13H12ClN3O/c1-9(3-2-8-15)13-16-12(17-18-13)10-4-6-11(14)7-5-10/h4-7,9H,2-3H2,1H3. The first-order chi connectivity index (χ1) is 8.70. The number of aromatic nitrogens is 2. The summed E-state index contributed by atoms with van der Waals surface area (Å²) in [6, 6.07) is 9.36. The van der Waals surface area contributed by atoms with E-state index in [1.165, 1.54) is 0 Å². The van der Waals surface area contributed by atoms with Gasteiger partial charge in [-0.05, 0) is 30.7 Å². The van der Waals surface area contributed by atoms with Crippen molar-refractivity contribution in [1.29, 1.82) is 5.26 Å². The number of benzene rings is 1. The summed E-state index contributed by atoms with van der Waals surface area (Å²) in [5.41, 5.74) is 0.863. The average Bonchev–Trinajstić information content (AvgIpc) is 2.86. The predicted octanol–water partition coefficient (Wildman–Crippen LogP) is 3.80. The lowest BCUT2D eigenvalue weighted by Crippen LogP contribution is -1.93.